The van der Waals surface area contributed by atoms with E-state index in [0.29, 0.717) is 18.8 Å². The predicted octanol–water partition coefficient (Wildman–Crippen LogP) is 4.77. The Bertz CT molecular complexity index is 983. The highest BCUT2D eigenvalue weighted by Crippen LogP contribution is 2.30. The maximum atomic E-state index is 12.6. The average Bonchev–Trinajstić information content (AvgIpc) is 3.25. The number of fused-ring (bicyclic) bond motifs is 2. The van der Waals surface area contributed by atoms with Gasteiger partial charge in [0.2, 0.25) is 5.91 Å². The number of methoxy groups -OCH3 is 1. The summed E-state index contributed by atoms with van der Waals surface area (Å²) < 4.78 is 5.03. The van der Waals surface area contributed by atoms with Crippen molar-refractivity contribution < 1.29 is 14.3 Å². The van der Waals surface area contributed by atoms with E-state index >= 15 is 0 Å². The van der Waals surface area contributed by atoms with Crippen molar-refractivity contribution in [2.75, 3.05) is 7.11 Å². The lowest BCUT2D eigenvalue weighted by Gasteiger charge is -2.20. The van der Waals surface area contributed by atoms with Gasteiger partial charge in [0.15, 0.2) is 0 Å². The molecule has 0 spiro atoms. The van der Waals surface area contributed by atoms with Crippen LogP contribution in [0.25, 0.3) is 21.5 Å². The van der Waals surface area contributed by atoms with Gasteiger partial charge in [-0.25, -0.2) is 4.79 Å². The first-order chi connectivity index (χ1) is 14.2. The number of amides is 1. The number of ether oxygens (including phenoxy) is 1. The zero-order valence-electron chi connectivity index (χ0n) is 16.8. The minimum Gasteiger partial charge on any atom is -0.467 e. The van der Waals surface area contributed by atoms with Gasteiger partial charge in [0.1, 0.15) is 6.04 Å². The Hall–Kier alpha value is -2.88. The third-order valence-electron chi connectivity index (χ3n) is 6.06. The summed E-state index contributed by atoms with van der Waals surface area (Å²) in [5, 5.41) is 7.42. The van der Waals surface area contributed by atoms with Gasteiger partial charge in [0.05, 0.1) is 7.11 Å². The molecule has 3 aromatic carbocycles. The van der Waals surface area contributed by atoms with E-state index < -0.39 is 12.0 Å². The van der Waals surface area contributed by atoms with Crippen LogP contribution in [-0.2, 0) is 20.7 Å². The summed E-state index contributed by atoms with van der Waals surface area (Å²) >= 11 is 0. The summed E-state index contributed by atoms with van der Waals surface area (Å²) in [7, 11) is 1.37. The van der Waals surface area contributed by atoms with Gasteiger partial charge in [-0.2, -0.15) is 0 Å². The third-order valence-corrected chi connectivity index (χ3v) is 6.06. The van der Waals surface area contributed by atoms with E-state index in [9.17, 15) is 9.59 Å². The van der Waals surface area contributed by atoms with Crippen LogP contribution >= 0.6 is 0 Å². The Morgan fingerprint density at radius 1 is 1.00 bits per heavy atom. The van der Waals surface area contributed by atoms with Crippen LogP contribution in [0.3, 0.4) is 0 Å². The van der Waals surface area contributed by atoms with Gasteiger partial charge in [-0.1, -0.05) is 61.4 Å². The largest absolute Gasteiger partial charge is 0.467 e. The molecular weight excluding hydrogens is 362 g/mol. The molecule has 4 heteroatoms. The minimum atomic E-state index is -0.692. The van der Waals surface area contributed by atoms with Crippen LogP contribution in [0.5, 0.6) is 0 Å². The number of carbonyl (C=O) groups is 2. The molecule has 0 aromatic heterocycles. The molecule has 0 bridgehead atoms. The molecule has 1 aliphatic carbocycles. The molecule has 0 aliphatic heterocycles. The smallest absolute Gasteiger partial charge is 0.328 e. The number of hydrogen-bond donors (Lipinski definition) is 1. The first-order valence-electron chi connectivity index (χ1n) is 10.4. The molecule has 4 rings (SSSR count). The van der Waals surface area contributed by atoms with E-state index in [-0.39, 0.29) is 5.91 Å². The highest BCUT2D eigenvalue weighted by molar-refractivity contribution is 6.02. The van der Waals surface area contributed by atoms with Crippen molar-refractivity contribution in [1.82, 2.24) is 5.32 Å². The molecule has 29 heavy (non-hydrogen) atoms. The molecule has 0 heterocycles. The maximum absolute atomic E-state index is 12.6. The van der Waals surface area contributed by atoms with Crippen molar-refractivity contribution in [3.05, 3.63) is 60.2 Å². The zero-order valence-corrected chi connectivity index (χ0v) is 16.8. The summed E-state index contributed by atoms with van der Waals surface area (Å²) in [5.74, 6) is -0.0229. The van der Waals surface area contributed by atoms with Crippen LogP contribution < -0.4 is 5.32 Å². The van der Waals surface area contributed by atoms with E-state index in [1.54, 1.807) is 0 Å². The molecule has 1 saturated carbocycles. The standard InChI is InChI=1S/C25H27NO3/c1-29-25(28)23(26-24(27)14-17-8-2-3-9-17)16-22-20-12-6-4-10-18(20)15-19-11-5-7-13-21(19)22/h4-7,10-13,15,17,23H,2-3,8-9,14,16H2,1H3,(H,26,27)/t23-/m1/s1. The lowest BCUT2D eigenvalue weighted by Crippen LogP contribution is -2.43. The maximum Gasteiger partial charge on any atom is 0.328 e. The molecule has 1 aliphatic rings. The molecule has 3 aromatic rings. The molecule has 0 saturated heterocycles. The number of benzene rings is 3. The Kier molecular flexibility index (Phi) is 5.79. The van der Waals surface area contributed by atoms with Crippen LogP contribution in [0.2, 0.25) is 0 Å². The van der Waals surface area contributed by atoms with Crippen LogP contribution in [0.4, 0.5) is 0 Å². The molecule has 0 unspecified atom stereocenters. The van der Waals surface area contributed by atoms with Crippen LogP contribution in [-0.4, -0.2) is 25.0 Å². The van der Waals surface area contributed by atoms with E-state index in [1.165, 1.54) is 20.0 Å². The number of rotatable bonds is 6. The average molecular weight is 389 g/mol. The second-order valence-corrected chi connectivity index (χ2v) is 8.00. The summed E-state index contributed by atoms with van der Waals surface area (Å²) in [6, 6.07) is 17.8. The van der Waals surface area contributed by atoms with Crippen molar-refractivity contribution in [2.24, 2.45) is 5.92 Å². The van der Waals surface area contributed by atoms with Gasteiger partial charge >= 0.3 is 5.97 Å². The second kappa shape index (κ2) is 8.64. The van der Waals surface area contributed by atoms with Crippen LogP contribution in [0.15, 0.2) is 54.6 Å². The molecule has 1 atom stereocenters. The predicted molar refractivity (Wildman–Crippen MR) is 116 cm³/mol. The monoisotopic (exact) mass is 389 g/mol. The zero-order chi connectivity index (χ0) is 20.2. The Labute approximate surface area is 171 Å². The van der Waals surface area contributed by atoms with Gasteiger partial charge in [0.25, 0.3) is 0 Å². The molecule has 4 nitrogen and oxygen atoms in total. The van der Waals surface area contributed by atoms with Gasteiger partial charge < -0.3 is 10.1 Å². The molecular formula is C25H27NO3. The summed E-state index contributed by atoms with van der Waals surface area (Å²) in [5.41, 5.74) is 1.07. The van der Waals surface area contributed by atoms with E-state index in [0.717, 1.165) is 39.9 Å². The Balaban J connectivity index is 1.66. The summed E-state index contributed by atoms with van der Waals surface area (Å²) in [4.78, 5) is 25.2. The Morgan fingerprint density at radius 3 is 2.17 bits per heavy atom. The number of esters is 1. The SMILES string of the molecule is COC(=O)[C@@H](Cc1c2ccccc2cc2ccccc12)NC(=O)CC1CCCC1. The molecule has 1 fully saturated rings. The third kappa shape index (κ3) is 4.26. The molecule has 150 valence electrons. The lowest BCUT2D eigenvalue weighted by atomic mass is 9.92. The summed E-state index contributed by atoms with van der Waals surface area (Å²) in [6.07, 6.45) is 5.49. The Morgan fingerprint density at radius 2 is 1.59 bits per heavy atom. The first kappa shape index (κ1) is 19.4. The van der Waals surface area contributed by atoms with Gasteiger partial charge in [0, 0.05) is 12.8 Å². The van der Waals surface area contributed by atoms with E-state index in [1.807, 2.05) is 24.3 Å². The number of carbonyl (C=O) groups excluding carboxylic acids is 2. The molecule has 0 radical (unpaired) electrons. The minimum absolute atomic E-state index is 0.0585. The van der Waals surface area contributed by atoms with Gasteiger partial charge in [-0.15, -0.1) is 0 Å². The fraction of sp³-hybridized carbons (Fsp3) is 0.360. The summed E-state index contributed by atoms with van der Waals surface area (Å²) in [6.45, 7) is 0. The fourth-order valence-electron chi connectivity index (χ4n) is 4.60. The molecule has 1 N–H and O–H groups in total. The van der Waals surface area contributed by atoms with Crippen molar-refractivity contribution >= 4 is 33.4 Å². The van der Waals surface area contributed by atoms with Crippen molar-refractivity contribution in [2.45, 2.75) is 44.6 Å². The normalized spacial score (nSPS) is 15.5. The number of hydrogen-bond acceptors (Lipinski definition) is 3. The van der Waals surface area contributed by atoms with Crippen molar-refractivity contribution in [3.8, 4) is 0 Å². The van der Waals surface area contributed by atoms with Crippen LogP contribution in [0, 0.1) is 5.92 Å². The molecule has 1 amide bonds. The van der Waals surface area contributed by atoms with E-state index in [2.05, 4.69) is 35.6 Å². The first-order valence-corrected chi connectivity index (χ1v) is 10.4. The van der Waals surface area contributed by atoms with Crippen LogP contribution in [0.1, 0.15) is 37.7 Å². The highest BCUT2D eigenvalue weighted by atomic mass is 16.5. The van der Waals surface area contributed by atoms with Crippen molar-refractivity contribution in [3.63, 3.8) is 0 Å². The van der Waals surface area contributed by atoms with Crippen molar-refractivity contribution in [1.29, 1.82) is 0 Å². The lowest BCUT2D eigenvalue weighted by molar-refractivity contribution is -0.145. The topological polar surface area (TPSA) is 55.4 Å². The quantitative estimate of drug-likeness (QED) is 0.488. The van der Waals surface area contributed by atoms with Gasteiger partial charge in [-0.05, 0) is 51.9 Å². The fourth-order valence-corrected chi connectivity index (χ4v) is 4.60. The van der Waals surface area contributed by atoms with E-state index in [4.69, 9.17) is 4.74 Å². The van der Waals surface area contributed by atoms with Gasteiger partial charge in [-0.3, -0.25) is 4.79 Å². The highest BCUT2D eigenvalue weighted by Gasteiger charge is 2.26. The second-order valence-electron chi connectivity index (χ2n) is 8.00. The number of nitrogens with one attached hydrogen (secondary N) is 1.